The molecule has 3 rings (SSSR count). The molecule has 2 aromatic carbocycles. The van der Waals surface area contributed by atoms with Crippen LogP contribution in [0.1, 0.15) is 32.9 Å². The van der Waals surface area contributed by atoms with Gasteiger partial charge in [-0.3, -0.25) is 4.79 Å². The van der Waals surface area contributed by atoms with Crippen molar-refractivity contribution < 1.29 is 27.2 Å². The summed E-state index contributed by atoms with van der Waals surface area (Å²) in [6.07, 6.45) is -4.49. The van der Waals surface area contributed by atoms with Crippen molar-refractivity contribution in [2.24, 2.45) is 0 Å². The van der Waals surface area contributed by atoms with E-state index >= 15 is 0 Å². The highest BCUT2D eigenvalue weighted by atomic mass is 19.4. The SMILES string of the molecule is Cc1noc(C)c1COc1ccccc1C(=O)Nc1cccc(C(F)(F)F)c1. The van der Waals surface area contributed by atoms with Gasteiger partial charge in [0.1, 0.15) is 18.1 Å². The Hall–Kier alpha value is -3.29. The van der Waals surface area contributed by atoms with Crippen LogP contribution < -0.4 is 10.1 Å². The fourth-order valence-corrected chi connectivity index (χ4v) is 2.61. The predicted octanol–water partition coefficient (Wildman–Crippen LogP) is 5.14. The second-order valence-corrected chi connectivity index (χ2v) is 6.12. The number of rotatable bonds is 5. The minimum atomic E-state index is -4.49. The molecule has 0 radical (unpaired) electrons. The molecule has 0 aliphatic heterocycles. The quantitative estimate of drug-likeness (QED) is 0.655. The van der Waals surface area contributed by atoms with Crippen molar-refractivity contribution in [3.8, 4) is 5.75 Å². The summed E-state index contributed by atoms with van der Waals surface area (Å²) in [5, 5.41) is 6.32. The molecular formula is C20H17F3N2O3. The van der Waals surface area contributed by atoms with Gasteiger partial charge in [-0.05, 0) is 44.2 Å². The van der Waals surface area contributed by atoms with Gasteiger partial charge in [0.15, 0.2) is 0 Å². The Balaban J connectivity index is 1.78. The summed E-state index contributed by atoms with van der Waals surface area (Å²) in [6.45, 7) is 3.68. The molecule has 5 nitrogen and oxygen atoms in total. The van der Waals surface area contributed by atoms with Gasteiger partial charge in [-0.15, -0.1) is 0 Å². The topological polar surface area (TPSA) is 64.4 Å². The molecule has 0 aliphatic carbocycles. The van der Waals surface area contributed by atoms with Crippen molar-refractivity contribution in [2.45, 2.75) is 26.6 Å². The number of hydrogen-bond acceptors (Lipinski definition) is 4. The Bertz CT molecular complexity index is 977. The maximum atomic E-state index is 12.8. The first-order chi connectivity index (χ1) is 13.3. The first-order valence-electron chi connectivity index (χ1n) is 8.38. The number of carbonyl (C=O) groups is 1. The van der Waals surface area contributed by atoms with Crippen molar-refractivity contribution in [2.75, 3.05) is 5.32 Å². The Morgan fingerprint density at radius 1 is 1.14 bits per heavy atom. The molecule has 0 fully saturated rings. The van der Waals surface area contributed by atoms with E-state index in [2.05, 4.69) is 10.5 Å². The number of aryl methyl sites for hydroxylation is 2. The maximum Gasteiger partial charge on any atom is 0.416 e. The van der Waals surface area contributed by atoms with Crippen LogP contribution in [0.5, 0.6) is 5.75 Å². The van der Waals surface area contributed by atoms with Gasteiger partial charge in [-0.1, -0.05) is 23.4 Å². The average Bonchev–Trinajstić information content (AvgIpc) is 2.97. The number of alkyl halides is 3. The van der Waals surface area contributed by atoms with Gasteiger partial charge in [-0.2, -0.15) is 13.2 Å². The van der Waals surface area contributed by atoms with Gasteiger partial charge in [0.2, 0.25) is 0 Å². The highest BCUT2D eigenvalue weighted by Gasteiger charge is 2.30. The van der Waals surface area contributed by atoms with E-state index in [-0.39, 0.29) is 17.9 Å². The summed E-state index contributed by atoms with van der Waals surface area (Å²) in [7, 11) is 0. The molecule has 1 heterocycles. The Morgan fingerprint density at radius 3 is 2.57 bits per heavy atom. The first-order valence-corrected chi connectivity index (χ1v) is 8.38. The molecule has 8 heteroatoms. The molecule has 28 heavy (non-hydrogen) atoms. The number of anilines is 1. The van der Waals surface area contributed by atoms with Crippen LogP contribution in [0.3, 0.4) is 0 Å². The fourth-order valence-electron chi connectivity index (χ4n) is 2.61. The molecule has 0 unspecified atom stereocenters. The van der Waals surface area contributed by atoms with Crippen LogP contribution in [-0.2, 0) is 12.8 Å². The third-order valence-corrected chi connectivity index (χ3v) is 4.13. The highest BCUT2D eigenvalue weighted by molar-refractivity contribution is 6.06. The molecule has 146 valence electrons. The number of hydrogen-bond donors (Lipinski definition) is 1. The summed E-state index contributed by atoms with van der Waals surface area (Å²) in [5.74, 6) is 0.337. The van der Waals surface area contributed by atoms with E-state index in [1.807, 2.05) is 0 Å². The van der Waals surface area contributed by atoms with Crippen LogP contribution in [0.2, 0.25) is 0 Å². The van der Waals surface area contributed by atoms with E-state index in [4.69, 9.17) is 9.26 Å². The van der Waals surface area contributed by atoms with E-state index in [0.717, 1.165) is 17.7 Å². The number of carbonyl (C=O) groups excluding carboxylic acids is 1. The Labute approximate surface area is 159 Å². The first kappa shape index (κ1) is 19.5. The van der Waals surface area contributed by atoms with Crippen LogP contribution >= 0.6 is 0 Å². The molecule has 3 aromatic rings. The number of halogens is 3. The van der Waals surface area contributed by atoms with Crippen molar-refractivity contribution in [3.05, 3.63) is 76.7 Å². The van der Waals surface area contributed by atoms with Gasteiger partial charge in [0.05, 0.1) is 22.4 Å². The summed E-state index contributed by atoms with van der Waals surface area (Å²) < 4.78 is 49.4. The molecule has 1 amide bonds. The largest absolute Gasteiger partial charge is 0.488 e. The zero-order valence-electron chi connectivity index (χ0n) is 15.1. The number of nitrogens with zero attached hydrogens (tertiary/aromatic N) is 1. The monoisotopic (exact) mass is 390 g/mol. The third kappa shape index (κ3) is 4.33. The van der Waals surface area contributed by atoms with Crippen LogP contribution in [0.4, 0.5) is 18.9 Å². The highest BCUT2D eigenvalue weighted by Crippen LogP contribution is 2.31. The standard InChI is InChI=1S/C20H17F3N2O3/c1-12-17(13(2)28-25-12)11-27-18-9-4-3-8-16(18)19(26)24-15-7-5-6-14(10-15)20(21,22)23/h3-10H,11H2,1-2H3,(H,24,26). The van der Waals surface area contributed by atoms with Crippen LogP contribution in [0.15, 0.2) is 53.1 Å². The minimum Gasteiger partial charge on any atom is -0.488 e. The van der Waals surface area contributed by atoms with E-state index in [1.165, 1.54) is 18.2 Å². The zero-order chi connectivity index (χ0) is 20.3. The predicted molar refractivity (Wildman–Crippen MR) is 96.1 cm³/mol. The lowest BCUT2D eigenvalue weighted by Crippen LogP contribution is -2.14. The third-order valence-electron chi connectivity index (χ3n) is 4.13. The van der Waals surface area contributed by atoms with Crippen LogP contribution in [0, 0.1) is 13.8 Å². The zero-order valence-corrected chi connectivity index (χ0v) is 15.1. The lowest BCUT2D eigenvalue weighted by atomic mass is 10.1. The van der Waals surface area contributed by atoms with Gasteiger partial charge in [0.25, 0.3) is 5.91 Å². The summed E-state index contributed by atoms with van der Waals surface area (Å²) >= 11 is 0. The number of benzene rings is 2. The smallest absolute Gasteiger partial charge is 0.416 e. The normalized spacial score (nSPS) is 11.3. The number of aromatic nitrogens is 1. The van der Waals surface area contributed by atoms with E-state index in [9.17, 15) is 18.0 Å². The molecule has 1 aromatic heterocycles. The summed E-state index contributed by atoms with van der Waals surface area (Å²) in [5.41, 5.74) is 0.858. The molecule has 0 saturated heterocycles. The summed E-state index contributed by atoms with van der Waals surface area (Å²) in [4.78, 5) is 12.6. The van der Waals surface area contributed by atoms with Crippen LogP contribution in [-0.4, -0.2) is 11.1 Å². The molecular weight excluding hydrogens is 373 g/mol. The van der Waals surface area contributed by atoms with Gasteiger partial charge in [-0.25, -0.2) is 0 Å². The molecule has 0 atom stereocenters. The number of amides is 1. The van der Waals surface area contributed by atoms with E-state index in [1.54, 1.807) is 32.0 Å². The van der Waals surface area contributed by atoms with Crippen molar-refractivity contribution in [1.82, 2.24) is 5.16 Å². The van der Waals surface area contributed by atoms with Crippen molar-refractivity contribution in [3.63, 3.8) is 0 Å². The van der Waals surface area contributed by atoms with E-state index < -0.39 is 17.6 Å². The lowest BCUT2D eigenvalue weighted by Gasteiger charge is -2.13. The lowest BCUT2D eigenvalue weighted by molar-refractivity contribution is -0.137. The molecule has 0 bridgehead atoms. The second kappa shape index (κ2) is 7.75. The van der Waals surface area contributed by atoms with Gasteiger partial charge < -0.3 is 14.6 Å². The van der Waals surface area contributed by atoms with Gasteiger partial charge >= 0.3 is 6.18 Å². The Morgan fingerprint density at radius 2 is 1.89 bits per heavy atom. The average molecular weight is 390 g/mol. The molecule has 1 N–H and O–H groups in total. The number of nitrogens with one attached hydrogen (secondary N) is 1. The van der Waals surface area contributed by atoms with E-state index in [0.29, 0.717) is 17.2 Å². The molecule has 0 saturated carbocycles. The minimum absolute atomic E-state index is 0.0420. The van der Waals surface area contributed by atoms with Gasteiger partial charge in [0, 0.05) is 5.69 Å². The molecule has 0 aliphatic rings. The molecule has 0 spiro atoms. The fraction of sp³-hybridized carbons (Fsp3) is 0.200. The van der Waals surface area contributed by atoms with Crippen LogP contribution in [0.25, 0.3) is 0 Å². The number of para-hydroxylation sites is 1. The maximum absolute atomic E-state index is 12.8. The summed E-state index contributed by atoms with van der Waals surface area (Å²) in [6, 6.07) is 10.9. The Kier molecular flexibility index (Phi) is 5.39. The number of ether oxygens (including phenoxy) is 1. The van der Waals surface area contributed by atoms with Crippen molar-refractivity contribution in [1.29, 1.82) is 0 Å². The second-order valence-electron chi connectivity index (χ2n) is 6.12. The van der Waals surface area contributed by atoms with Crippen molar-refractivity contribution >= 4 is 11.6 Å².